The maximum Gasteiger partial charge on any atom is 0.336 e. The number of carbonyl (C=O) groups excluding carboxylic acids is 2. The number of esters is 2. The molecule has 2 atom stereocenters. The first kappa shape index (κ1) is 19.0. The summed E-state index contributed by atoms with van der Waals surface area (Å²) in [6, 6.07) is 4.92. The lowest BCUT2D eigenvalue weighted by molar-refractivity contribution is -0.152. The van der Waals surface area contributed by atoms with Crippen molar-refractivity contribution in [3.8, 4) is 5.75 Å². The number of ether oxygens (including phenoxy) is 2. The van der Waals surface area contributed by atoms with Crippen molar-refractivity contribution in [2.24, 2.45) is 10.7 Å². The topological polar surface area (TPSA) is 111 Å². The van der Waals surface area contributed by atoms with Crippen molar-refractivity contribution < 1.29 is 24.2 Å². The van der Waals surface area contributed by atoms with E-state index < -0.39 is 23.5 Å². The van der Waals surface area contributed by atoms with E-state index in [1.165, 1.54) is 18.2 Å². The van der Waals surface area contributed by atoms with Gasteiger partial charge >= 0.3 is 11.9 Å². The van der Waals surface area contributed by atoms with Gasteiger partial charge in [-0.1, -0.05) is 23.7 Å². The van der Waals surface area contributed by atoms with Crippen molar-refractivity contribution in [1.82, 2.24) is 0 Å². The quantitative estimate of drug-likeness (QED) is 0.769. The number of phenolic OH excluding ortho intramolecular Hbond substituents is 1. The van der Waals surface area contributed by atoms with Crippen LogP contribution in [-0.4, -0.2) is 41.0 Å². The van der Waals surface area contributed by atoms with Crippen molar-refractivity contribution in [1.29, 1.82) is 0 Å². The first-order chi connectivity index (χ1) is 11.8. The third-order valence-corrected chi connectivity index (χ3v) is 3.92. The minimum Gasteiger partial charge on any atom is -0.508 e. The van der Waals surface area contributed by atoms with Gasteiger partial charge in [0, 0.05) is 0 Å². The summed E-state index contributed by atoms with van der Waals surface area (Å²) in [4.78, 5) is 29.2. The van der Waals surface area contributed by atoms with Crippen LogP contribution in [0, 0.1) is 0 Å². The van der Waals surface area contributed by atoms with E-state index >= 15 is 0 Å². The molecule has 0 radical (unpaired) electrons. The first-order valence-electron chi connectivity index (χ1n) is 7.72. The largest absolute Gasteiger partial charge is 0.508 e. The molecule has 0 amide bonds. The van der Waals surface area contributed by atoms with Gasteiger partial charge in [-0.3, -0.25) is 4.99 Å². The number of phenols is 1. The summed E-state index contributed by atoms with van der Waals surface area (Å²) in [7, 11) is 0. The van der Waals surface area contributed by atoms with Crippen LogP contribution in [0.1, 0.15) is 25.5 Å². The predicted octanol–water partition coefficient (Wildman–Crippen LogP) is 1.83. The van der Waals surface area contributed by atoms with E-state index in [2.05, 4.69) is 4.99 Å². The Labute approximate surface area is 150 Å². The second-order valence-corrected chi connectivity index (χ2v) is 5.70. The summed E-state index contributed by atoms with van der Waals surface area (Å²) in [5.41, 5.74) is 4.82. The van der Waals surface area contributed by atoms with Gasteiger partial charge < -0.3 is 20.3 Å². The number of benzene rings is 1. The van der Waals surface area contributed by atoms with Crippen LogP contribution in [-0.2, 0) is 19.1 Å². The van der Waals surface area contributed by atoms with Crippen molar-refractivity contribution >= 4 is 28.7 Å². The summed E-state index contributed by atoms with van der Waals surface area (Å²) in [6.45, 7) is 3.45. The number of nitrogens with zero attached hydrogens (tertiary/aromatic N) is 1. The summed E-state index contributed by atoms with van der Waals surface area (Å²) in [6.07, 6.45) is 1.22. The Hall–Kier alpha value is -2.38. The number of aliphatic imine (C=N–C) groups is 1. The molecule has 0 bridgehead atoms. The maximum absolute atomic E-state index is 12.6. The summed E-state index contributed by atoms with van der Waals surface area (Å²) in [5, 5.41) is 9.48. The maximum atomic E-state index is 12.6. The van der Waals surface area contributed by atoms with E-state index in [9.17, 15) is 14.7 Å². The van der Waals surface area contributed by atoms with Crippen LogP contribution in [0.3, 0.4) is 0 Å². The Balaban J connectivity index is 2.59. The van der Waals surface area contributed by atoms with Gasteiger partial charge in [0.25, 0.3) is 0 Å². The smallest absolute Gasteiger partial charge is 0.336 e. The lowest BCUT2D eigenvalue weighted by atomic mass is 9.78. The minimum atomic E-state index is -1.91. The first-order valence-corrected chi connectivity index (χ1v) is 8.10. The van der Waals surface area contributed by atoms with Crippen molar-refractivity contribution in [3.05, 3.63) is 41.5 Å². The van der Waals surface area contributed by atoms with Gasteiger partial charge in [-0.05, 0) is 37.6 Å². The van der Waals surface area contributed by atoms with E-state index in [0.717, 1.165) is 0 Å². The molecular formula is C17H19ClN2O5. The van der Waals surface area contributed by atoms with Crippen LogP contribution < -0.4 is 5.73 Å². The van der Waals surface area contributed by atoms with Crippen LogP contribution in [0.25, 0.3) is 0 Å². The molecule has 8 heteroatoms. The third-order valence-electron chi connectivity index (χ3n) is 3.71. The Morgan fingerprint density at radius 2 is 1.84 bits per heavy atom. The predicted molar refractivity (Wildman–Crippen MR) is 92.4 cm³/mol. The number of aromatic hydroxyl groups is 1. The summed E-state index contributed by atoms with van der Waals surface area (Å²) in [5.74, 6) is -1.55. The molecule has 25 heavy (non-hydrogen) atoms. The Morgan fingerprint density at radius 1 is 1.24 bits per heavy atom. The van der Waals surface area contributed by atoms with Crippen molar-refractivity contribution in [2.75, 3.05) is 13.2 Å². The molecule has 0 saturated carbocycles. The summed E-state index contributed by atoms with van der Waals surface area (Å²) < 4.78 is 10.1. The molecule has 2 rings (SSSR count). The zero-order chi connectivity index (χ0) is 18.6. The summed E-state index contributed by atoms with van der Waals surface area (Å²) >= 11 is 6.05. The molecule has 0 fully saturated rings. The zero-order valence-electron chi connectivity index (χ0n) is 13.9. The van der Waals surface area contributed by atoms with Gasteiger partial charge in [0.1, 0.15) is 17.0 Å². The molecule has 1 heterocycles. The molecule has 0 aromatic heterocycles. The van der Waals surface area contributed by atoms with Crippen LogP contribution in [0.5, 0.6) is 5.75 Å². The van der Waals surface area contributed by atoms with Crippen LogP contribution >= 0.6 is 11.6 Å². The molecule has 1 aromatic rings. The second kappa shape index (κ2) is 7.67. The van der Waals surface area contributed by atoms with Crippen LogP contribution in [0.2, 0.25) is 0 Å². The lowest BCUT2D eigenvalue weighted by Gasteiger charge is -2.36. The molecule has 1 aliphatic heterocycles. The van der Waals surface area contributed by atoms with E-state index in [-0.39, 0.29) is 29.7 Å². The Bertz CT molecular complexity index is 729. The fourth-order valence-corrected chi connectivity index (χ4v) is 2.76. The molecule has 7 nitrogen and oxygen atoms in total. The average molecular weight is 367 g/mol. The highest BCUT2D eigenvalue weighted by Gasteiger charge is 2.52. The highest BCUT2D eigenvalue weighted by atomic mass is 35.5. The molecule has 0 spiro atoms. The standard InChI is InChI=1S/C17H19ClN2O5/c1-3-24-15(22)12-9-13(18)20-14(10-5-7-11(21)8-6-10)17(12,19)16(23)25-4-2/h5-9,14,21H,3-4,19H2,1-2H3. The van der Waals surface area contributed by atoms with E-state index in [1.54, 1.807) is 26.0 Å². The van der Waals surface area contributed by atoms with Gasteiger partial charge in [-0.25, -0.2) is 9.59 Å². The van der Waals surface area contributed by atoms with Gasteiger partial charge in [0.2, 0.25) is 0 Å². The Morgan fingerprint density at radius 3 is 2.40 bits per heavy atom. The van der Waals surface area contributed by atoms with Gasteiger partial charge in [0.15, 0.2) is 5.54 Å². The number of carbonyl (C=O) groups is 2. The highest BCUT2D eigenvalue weighted by molar-refractivity contribution is 6.68. The number of dihydropyridines is 1. The van der Waals surface area contributed by atoms with Crippen LogP contribution in [0.15, 0.2) is 40.9 Å². The molecular weight excluding hydrogens is 348 g/mol. The molecule has 1 aliphatic rings. The molecule has 2 unspecified atom stereocenters. The van der Waals surface area contributed by atoms with Gasteiger partial charge in [-0.2, -0.15) is 0 Å². The highest BCUT2D eigenvalue weighted by Crippen LogP contribution is 2.39. The molecule has 3 N–H and O–H groups in total. The average Bonchev–Trinajstić information content (AvgIpc) is 2.58. The van der Waals surface area contributed by atoms with Crippen molar-refractivity contribution in [2.45, 2.75) is 25.4 Å². The number of nitrogens with two attached hydrogens (primary N) is 1. The van der Waals surface area contributed by atoms with E-state index in [1.807, 2.05) is 0 Å². The zero-order valence-corrected chi connectivity index (χ0v) is 14.6. The fraction of sp³-hybridized carbons (Fsp3) is 0.353. The lowest BCUT2D eigenvalue weighted by Crippen LogP contribution is -2.58. The fourth-order valence-electron chi connectivity index (χ4n) is 2.55. The second-order valence-electron chi connectivity index (χ2n) is 5.31. The van der Waals surface area contributed by atoms with E-state index in [0.29, 0.717) is 5.56 Å². The van der Waals surface area contributed by atoms with Crippen LogP contribution in [0.4, 0.5) is 0 Å². The van der Waals surface area contributed by atoms with E-state index in [4.69, 9.17) is 26.8 Å². The Kier molecular flexibility index (Phi) is 5.81. The van der Waals surface area contributed by atoms with Gasteiger partial charge in [0.05, 0.1) is 18.8 Å². The SMILES string of the molecule is CCOC(=O)C1=CC(Cl)=NC(c2ccc(O)cc2)C1(N)C(=O)OCC. The number of allylic oxidation sites excluding steroid dienone is 1. The van der Waals surface area contributed by atoms with Crippen molar-refractivity contribution in [3.63, 3.8) is 0 Å². The minimum absolute atomic E-state index is 0.00602. The molecule has 0 aliphatic carbocycles. The molecule has 134 valence electrons. The third kappa shape index (κ3) is 3.67. The monoisotopic (exact) mass is 366 g/mol. The normalized spacial score (nSPS) is 22.6. The number of halogens is 1. The van der Waals surface area contributed by atoms with Gasteiger partial charge in [-0.15, -0.1) is 0 Å². The number of hydrogen-bond acceptors (Lipinski definition) is 7. The molecule has 0 saturated heterocycles. The molecule has 1 aromatic carbocycles. The number of hydrogen-bond donors (Lipinski definition) is 2. The number of rotatable bonds is 5.